The number of rotatable bonds is 8. The lowest BCUT2D eigenvalue weighted by atomic mass is 10.1. The van der Waals surface area contributed by atoms with Crippen molar-refractivity contribution in [3.63, 3.8) is 0 Å². The van der Waals surface area contributed by atoms with E-state index in [9.17, 15) is 9.59 Å². The number of alkyl carbamates (subject to hydrolysis) is 1. The Kier molecular flexibility index (Phi) is 7.65. The average molecular weight is 549 g/mol. The van der Waals surface area contributed by atoms with Gasteiger partial charge in [-0.1, -0.05) is 29.3 Å². The van der Waals surface area contributed by atoms with Crippen LogP contribution in [0.4, 0.5) is 22.4 Å². The summed E-state index contributed by atoms with van der Waals surface area (Å²) in [6.07, 6.45) is 1.78. The molecular formula is C24H30Cl2N8O3. The Balaban J connectivity index is 1.68. The first-order chi connectivity index (χ1) is 17.4. The highest BCUT2D eigenvalue weighted by molar-refractivity contribution is 6.35. The molecule has 0 saturated heterocycles. The molecule has 0 radical (unpaired) electrons. The summed E-state index contributed by atoms with van der Waals surface area (Å²) in [7, 11) is 0. The van der Waals surface area contributed by atoms with E-state index in [0.717, 1.165) is 12.8 Å². The largest absolute Gasteiger partial charge is 0.444 e. The Hall–Kier alpha value is -3.31. The number of hydrogen-bond acceptors (Lipinski definition) is 9. The Morgan fingerprint density at radius 1 is 1.22 bits per heavy atom. The molecule has 13 heteroatoms. The summed E-state index contributed by atoms with van der Waals surface area (Å²) in [4.78, 5) is 38.6. The number of aromatic nitrogens is 4. The molecular weight excluding hydrogens is 519 g/mol. The van der Waals surface area contributed by atoms with E-state index in [-0.39, 0.29) is 40.6 Å². The minimum Gasteiger partial charge on any atom is -0.444 e. The maximum absolute atomic E-state index is 13.7. The highest BCUT2D eigenvalue weighted by atomic mass is 35.5. The number of anilines is 3. The molecule has 1 aliphatic rings. The first kappa shape index (κ1) is 26.7. The third-order valence-electron chi connectivity index (χ3n) is 5.75. The van der Waals surface area contributed by atoms with Gasteiger partial charge in [-0.05, 0) is 58.1 Å². The van der Waals surface area contributed by atoms with Crippen LogP contribution in [-0.4, -0.2) is 37.8 Å². The summed E-state index contributed by atoms with van der Waals surface area (Å²) in [5.41, 5.74) is 11.3. The van der Waals surface area contributed by atoms with Crippen LogP contribution in [0.1, 0.15) is 51.9 Å². The monoisotopic (exact) mass is 548 g/mol. The van der Waals surface area contributed by atoms with Crippen LogP contribution in [0, 0.1) is 5.92 Å². The second-order valence-electron chi connectivity index (χ2n) is 9.93. The molecule has 0 bridgehead atoms. The van der Waals surface area contributed by atoms with E-state index in [4.69, 9.17) is 44.4 Å². The van der Waals surface area contributed by atoms with Crippen molar-refractivity contribution in [1.82, 2.24) is 24.8 Å². The van der Waals surface area contributed by atoms with Crippen LogP contribution < -0.4 is 27.7 Å². The number of nitrogens with one attached hydrogen (secondary N) is 2. The van der Waals surface area contributed by atoms with E-state index in [1.54, 1.807) is 43.5 Å². The van der Waals surface area contributed by atoms with Crippen LogP contribution >= 0.6 is 23.2 Å². The van der Waals surface area contributed by atoms with Gasteiger partial charge in [0, 0.05) is 13.1 Å². The van der Waals surface area contributed by atoms with Crippen molar-refractivity contribution in [1.29, 1.82) is 0 Å². The van der Waals surface area contributed by atoms with Gasteiger partial charge in [0.15, 0.2) is 5.82 Å². The number of amides is 1. The number of nitrogen functional groups attached to an aromatic ring is 2. The van der Waals surface area contributed by atoms with Crippen molar-refractivity contribution in [2.24, 2.45) is 5.92 Å². The van der Waals surface area contributed by atoms with E-state index in [2.05, 4.69) is 20.6 Å². The second-order valence-corrected chi connectivity index (χ2v) is 10.7. The van der Waals surface area contributed by atoms with Crippen molar-refractivity contribution < 1.29 is 9.53 Å². The molecule has 0 spiro atoms. The third kappa shape index (κ3) is 6.34. The number of ether oxygens (including phenoxy) is 1. The van der Waals surface area contributed by atoms with E-state index >= 15 is 0 Å². The molecule has 1 saturated carbocycles. The van der Waals surface area contributed by atoms with Crippen LogP contribution in [-0.2, 0) is 11.3 Å². The zero-order valence-electron chi connectivity index (χ0n) is 20.8. The zero-order chi connectivity index (χ0) is 26.9. The summed E-state index contributed by atoms with van der Waals surface area (Å²) >= 11 is 12.7. The van der Waals surface area contributed by atoms with Gasteiger partial charge in [0.1, 0.15) is 22.3 Å². The maximum atomic E-state index is 13.7. The van der Waals surface area contributed by atoms with Gasteiger partial charge in [0.2, 0.25) is 5.95 Å². The van der Waals surface area contributed by atoms with Crippen LogP contribution in [0.15, 0.2) is 23.0 Å². The van der Waals surface area contributed by atoms with Crippen LogP contribution in [0.5, 0.6) is 0 Å². The van der Waals surface area contributed by atoms with Crippen molar-refractivity contribution in [2.45, 2.75) is 58.2 Å². The summed E-state index contributed by atoms with van der Waals surface area (Å²) in [6.45, 7) is 5.95. The second kappa shape index (κ2) is 10.6. The lowest BCUT2D eigenvalue weighted by Crippen LogP contribution is -2.34. The molecule has 37 heavy (non-hydrogen) atoms. The Labute approximate surface area is 223 Å². The normalized spacial score (nSPS) is 14.4. The highest BCUT2D eigenvalue weighted by Gasteiger charge is 2.36. The molecule has 2 aromatic heterocycles. The van der Waals surface area contributed by atoms with E-state index in [1.165, 1.54) is 0 Å². The Bertz CT molecular complexity index is 1390. The number of halogens is 2. The fourth-order valence-electron chi connectivity index (χ4n) is 3.98. The van der Waals surface area contributed by atoms with Gasteiger partial charge in [-0.3, -0.25) is 9.36 Å². The maximum Gasteiger partial charge on any atom is 0.407 e. The van der Waals surface area contributed by atoms with Crippen LogP contribution in [0.3, 0.4) is 0 Å². The molecule has 1 amide bonds. The van der Waals surface area contributed by atoms with E-state index in [0.29, 0.717) is 34.7 Å². The topological polar surface area (TPSA) is 163 Å². The van der Waals surface area contributed by atoms with Gasteiger partial charge < -0.3 is 26.8 Å². The van der Waals surface area contributed by atoms with E-state index in [1.807, 2.05) is 0 Å². The number of nitrogens with zero attached hydrogens (tertiary/aromatic N) is 4. The van der Waals surface area contributed by atoms with Gasteiger partial charge >= 0.3 is 6.09 Å². The Morgan fingerprint density at radius 2 is 1.95 bits per heavy atom. The quantitative estimate of drug-likeness (QED) is 0.303. The molecule has 0 aliphatic heterocycles. The standard InChI is InChI=1S/C24H30Cl2N8O3/c1-24(2,3)37-23(36)29-10-5-11-34-20(30-14-7-4-6-13(25)15(14)21(34)35)17(12-8-9-12)31-19-16(26)18(27)32-22(28)33-19/h4,6-7,12,17H,5,8-11H2,1-3H3,(H,29,36)(H5,27,28,31,32,33)/t17-/m0/s1. The van der Waals surface area contributed by atoms with Crippen molar-refractivity contribution >= 4 is 57.8 Å². The van der Waals surface area contributed by atoms with Gasteiger partial charge in [-0.25, -0.2) is 9.78 Å². The van der Waals surface area contributed by atoms with Gasteiger partial charge in [0.05, 0.1) is 22.0 Å². The lowest BCUT2D eigenvalue weighted by molar-refractivity contribution is 0.0526. The molecule has 2 heterocycles. The van der Waals surface area contributed by atoms with Crippen LogP contribution in [0.2, 0.25) is 10.0 Å². The molecule has 6 N–H and O–H groups in total. The number of carbonyl (C=O) groups is 1. The lowest BCUT2D eigenvalue weighted by Gasteiger charge is -2.24. The number of hydrogen-bond donors (Lipinski definition) is 4. The van der Waals surface area contributed by atoms with Crippen molar-refractivity contribution in [3.8, 4) is 0 Å². The molecule has 11 nitrogen and oxygen atoms in total. The van der Waals surface area contributed by atoms with Crippen molar-refractivity contribution in [2.75, 3.05) is 23.3 Å². The molecule has 3 aromatic rings. The number of carbonyl (C=O) groups excluding carboxylic acids is 1. The smallest absolute Gasteiger partial charge is 0.407 e. The SMILES string of the molecule is CC(C)(C)OC(=O)NCCCn1c([C@@H](Nc2nc(N)nc(N)c2Cl)C2CC2)nc2cccc(Cl)c2c1=O. The predicted molar refractivity (Wildman–Crippen MR) is 145 cm³/mol. The minimum absolute atomic E-state index is 0.0252. The molecule has 1 aliphatic carbocycles. The molecule has 1 atom stereocenters. The fraction of sp³-hybridized carbons (Fsp3) is 0.458. The molecule has 0 unspecified atom stereocenters. The predicted octanol–water partition coefficient (Wildman–Crippen LogP) is 4.14. The summed E-state index contributed by atoms with van der Waals surface area (Å²) in [5.74, 6) is 0.981. The first-order valence-corrected chi connectivity index (χ1v) is 12.7. The minimum atomic E-state index is -0.606. The summed E-state index contributed by atoms with van der Waals surface area (Å²) < 4.78 is 6.87. The molecule has 1 aromatic carbocycles. The number of benzene rings is 1. The van der Waals surface area contributed by atoms with E-state index < -0.39 is 17.7 Å². The summed E-state index contributed by atoms with van der Waals surface area (Å²) in [6, 6.07) is 4.75. The third-order valence-corrected chi connectivity index (χ3v) is 6.43. The number of nitrogens with two attached hydrogens (primary N) is 2. The molecule has 4 rings (SSSR count). The number of fused-ring (bicyclic) bond motifs is 1. The molecule has 198 valence electrons. The summed E-state index contributed by atoms with van der Waals surface area (Å²) in [5, 5.41) is 6.81. The average Bonchev–Trinajstić information content (AvgIpc) is 3.63. The first-order valence-electron chi connectivity index (χ1n) is 12.0. The highest BCUT2D eigenvalue weighted by Crippen LogP contribution is 2.43. The van der Waals surface area contributed by atoms with Gasteiger partial charge in [-0.2, -0.15) is 9.97 Å². The van der Waals surface area contributed by atoms with Crippen LogP contribution in [0.25, 0.3) is 10.9 Å². The van der Waals surface area contributed by atoms with Gasteiger partial charge in [-0.15, -0.1) is 0 Å². The molecule has 1 fully saturated rings. The zero-order valence-corrected chi connectivity index (χ0v) is 22.4. The fourth-order valence-corrected chi connectivity index (χ4v) is 4.37. The Morgan fingerprint density at radius 3 is 2.62 bits per heavy atom. The van der Waals surface area contributed by atoms with Gasteiger partial charge in [0.25, 0.3) is 5.56 Å². The van der Waals surface area contributed by atoms with Crippen molar-refractivity contribution in [3.05, 3.63) is 44.4 Å².